The Balaban J connectivity index is 1.42. The number of halogens is 1. The van der Waals surface area contributed by atoms with Crippen LogP contribution in [0.25, 0.3) is 11.0 Å². The lowest BCUT2D eigenvalue weighted by Crippen LogP contribution is -2.46. The third-order valence-corrected chi connectivity index (χ3v) is 5.99. The molecule has 0 unspecified atom stereocenters. The number of aromatic amines is 1. The normalized spacial score (nSPS) is 14.6. The quantitative estimate of drug-likeness (QED) is 0.519. The number of hydrogen-bond donors (Lipinski definition) is 2. The number of carbonyl (C=O) groups is 1. The number of rotatable bonds is 6. The zero-order chi connectivity index (χ0) is 23.5. The van der Waals surface area contributed by atoms with E-state index in [0.717, 1.165) is 42.1 Å². The molecule has 0 aromatic carbocycles. The van der Waals surface area contributed by atoms with Crippen LogP contribution in [-0.4, -0.2) is 63.0 Å². The standard InChI is InChI=1S/C22H26ClN7O3/c1-3-24-20(31)16-7-8-17(18(23)26-16)29-11-9-28(10-12-29)13-14-5-6-15-19(25-14)27-22(33)30(4-2)21(15)32/h5-8H,3-4,9-13H2,1-2H3,(H,24,31)(H,25,27,33). The zero-order valence-corrected chi connectivity index (χ0v) is 19.4. The Kier molecular flexibility index (Phi) is 6.75. The van der Waals surface area contributed by atoms with Gasteiger partial charge in [-0.15, -0.1) is 0 Å². The molecule has 174 valence electrons. The number of hydrogen-bond acceptors (Lipinski definition) is 7. The van der Waals surface area contributed by atoms with Crippen LogP contribution in [0.4, 0.5) is 5.69 Å². The number of piperazine rings is 1. The molecule has 3 aromatic heterocycles. The van der Waals surface area contributed by atoms with E-state index in [-0.39, 0.29) is 11.5 Å². The fraction of sp³-hybridized carbons (Fsp3) is 0.409. The molecule has 0 spiro atoms. The second-order valence-electron chi connectivity index (χ2n) is 7.81. The van der Waals surface area contributed by atoms with Crippen molar-refractivity contribution < 1.29 is 4.79 Å². The topological polar surface area (TPSA) is 116 Å². The number of aromatic nitrogens is 4. The predicted octanol–water partition coefficient (Wildman–Crippen LogP) is 1.22. The number of carbonyl (C=O) groups excluding carboxylic acids is 1. The predicted molar refractivity (Wildman–Crippen MR) is 127 cm³/mol. The van der Waals surface area contributed by atoms with Gasteiger partial charge in [0, 0.05) is 45.8 Å². The second-order valence-corrected chi connectivity index (χ2v) is 8.17. The molecule has 1 fully saturated rings. The summed E-state index contributed by atoms with van der Waals surface area (Å²) in [4.78, 5) is 52.3. The highest BCUT2D eigenvalue weighted by molar-refractivity contribution is 6.32. The van der Waals surface area contributed by atoms with Gasteiger partial charge in [0.25, 0.3) is 11.5 Å². The molecule has 4 rings (SSSR count). The Morgan fingerprint density at radius 1 is 1.09 bits per heavy atom. The van der Waals surface area contributed by atoms with E-state index in [0.29, 0.717) is 41.5 Å². The average molecular weight is 472 g/mol. The molecule has 1 saturated heterocycles. The molecule has 3 aromatic rings. The minimum absolute atomic E-state index is 0.242. The van der Waals surface area contributed by atoms with Crippen molar-refractivity contribution in [3.63, 3.8) is 0 Å². The van der Waals surface area contributed by atoms with Crippen LogP contribution in [0.3, 0.4) is 0 Å². The van der Waals surface area contributed by atoms with Crippen molar-refractivity contribution in [3.05, 3.63) is 61.6 Å². The molecule has 4 heterocycles. The molecule has 1 aliphatic rings. The van der Waals surface area contributed by atoms with E-state index in [1.807, 2.05) is 19.1 Å². The summed E-state index contributed by atoms with van der Waals surface area (Å²) in [5, 5.41) is 3.43. The highest BCUT2D eigenvalue weighted by atomic mass is 35.5. The molecule has 10 nitrogen and oxygen atoms in total. The maximum absolute atomic E-state index is 12.4. The van der Waals surface area contributed by atoms with Gasteiger partial charge >= 0.3 is 5.69 Å². The molecule has 11 heteroatoms. The van der Waals surface area contributed by atoms with Crippen LogP contribution >= 0.6 is 11.6 Å². The summed E-state index contributed by atoms with van der Waals surface area (Å²) in [6, 6.07) is 7.07. The Morgan fingerprint density at radius 2 is 1.85 bits per heavy atom. The van der Waals surface area contributed by atoms with Crippen LogP contribution < -0.4 is 21.5 Å². The lowest BCUT2D eigenvalue weighted by atomic mass is 10.2. The number of nitrogens with zero attached hydrogens (tertiary/aromatic N) is 5. The van der Waals surface area contributed by atoms with E-state index in [2.05, 4.69) is 30.1 Å². The molecule has 33 heavy (non-hydrogen) atoms. The summed E-state index contributed by atoms with van der Waals surface area (Å²) in [7, 11) is 0. The molecule has 0 atom stereocenters. The van der Waals surface area contributed by atoms with Gasteiger partial charge in [-0.3, -0.25) is 24.0 Å². The maximum atomic E-state index is 12.4. The first-order chi connectivity index (χ1) is 15.9. The van der Waals surface area contributed by atoms with Gasteiger partial charge in [-0.1, -0.05) is 11.6 Å². The Labute approximate surface area is 195 Å². The van der Waals surface area contributed by atoms with Crippen LogP contribution in [0.1, 0.15) is 30.0 Å². The van der Waals surface area contributed by atoms with Gasteiger partial charge in [0.1, 0.15) is 11.3 Å². The van der Waals surface area contributed by atoms with Gasteiger partial charge in [0.05, 0.1) is 16.8 Å². The molecular formula is C22H26ClN7O3. The van der Waals surface area contributed by atoms with E-state index in [1.54, 1.807) is 19.1 Å². The number of H-pyrrole nitrogens is 1. The second kappa shape index (κ2) is 9.72. The summed E-state index contributed by atoms with van der Waals surface area (Å²) in [5.41, 5.74) is 1.43. The third-order valence-electron chi connectivity index (χ3n) is 5.71. The van der Waals surface area contributed by atoms with Gasteiger partial charge in [0.15, 0.2) is 5.15 Å². The van der Waals surface area contributed by atoms with Gasteiger partial charge in [-0.25, -0.2) is 14.8 Å². The minimum atomic E-state index is -0.447. The minimum Gasteiger partial charge on any atom is -0.366 e. The molecular weight excluding hydrogens is 446 g/mol. The van der Waals surface area contributed by atoms with E-state index in [4.69, 9.17) is 11.6 Å². The van der Waals surface area contributed by atoms with Crippen LogP contribution in [0.15, 0.2) is 33.9 Å². The molecule has 2 N–H and O–H groups in total. The van der Waals surface area contributed by atoms with E-state index >= 15 is 0 Å². The first-order valence-electron chi connectivity index (χ1n) is 11.0. The first-order valence-corrected chi connectivity index (χ1v) is 11.3. The van der Waals surface area contributed by atoms with Gasteiger partial charge in [0.2, 0.25) is 0 Å². The lowest BCUT2D eigenvalue weighted by Gasteiger charge is -2.36. The Bertz CT molecular complexity index is 1300. The summed E-state index contributed by atoms with van der Waals surface area (Å²) in [6.07, 6.45) is 0. The van der Waals surface area contributed by atoms with Crippen molar-refractivity contribution in [1.29, 1.82) is 0 Å². The molecule has 1 amide bonds. The average Bonchev–Trinajstić information content (AvgIpc) is 2.80. The van der Waals surface area contributed by atoms with E-state index in [1.165, 1.54) is 0 Å². The number of pyridine rings is 2. The van der Waals surface area contributed by atoms with Gasteiger partial charge < -0.3 is 10.2 Å². The Hall–Kier alpha value is -3.24. The van der Waals surface area contributed by atoms with Crippen molar-refractivity contribution in [1.82, 2.24) is 29.7 Å². The first kappa shape index (κ1) is 22.9. The van der Waals surface area contributed by atoms with Crippen molar-refractivity contribution in [2.75, 3.05) is 37.6 Å². The van der Waals surface area contributed by atoms with Crippen molar-refractivity contribution in [2.24, 2.45) is 0 Å². The molecule has 0 aliphatic carbocycles. The molecule has 1 aliphatic heterocycles. The van der Waals surface area contributed by atoms with E-state index < -0.39 is 5.69 Å². The summed E-state index contributed by atoms with van der Waals surface area (Å²) < 4.78 is 1.16. The van der Waals surface area contributed by atoms with Crippen LogP contribution in [-0.2, 0) is 13.1 Å². The smallest absolute Gasteiger partial charge is 0.329 e. The number of anilines is 1. The van der Waals surface area contributed by atoms with Gasteiger partial charge in [-0.2, -0.15) is 0 Å². The monoisotopic (exact) mass is 471 g/mol. The highest BCUT2D eigenvalue weighted by Gasteiger charge is 2.21. The van der Waals surface area contributed by atoms with Crippen LogP contribution in [0.5, 0.6) is 0 Å². The van der Waals surface area contributed by atoms with Crippen LogP contribution in [0, 0.1) is 0 Å². The third kappa shape index (κ3) is 4.76. The number of nitrogens with one attached hydrogen (secondary N) is 2. The molecule has 0 saturated carbocycles. The summed E-state index contributed by atoms with van der Waals surface area (Å²) >= 11 is 6.36. The lowest BCUT2D eigenvalue weighted by molar-refractivity contribution is 0.0951. The van der Waals surface area contributed by atoms with Crippen molar-refractivity contribution in [3.8, 4) is 0 Å². The van der Waals surface area contributed by atoms with E-state index in [9.17, 15) is 14.4 Å². The fourth-order valence-electron chi connectivity index (χ4n) is 3.97. The number of fused-ring (bicyclic) bond motifs is 1. The molecule has 0 bridgehead atoms. The largest absolute Gasteiger partial charge is 0.366 e. The van der Waals surface area contributed by atoms with Crippen molar-refractivity contribution >= 4 is 34.2 Å². The summed E-state index contributed by atoms with van der Waals surface area (Å²) in [6.45, 7) is 8.09. The van der Waals surface area contributed by atoms with Gasteiger partial charge in [-0.05, 0) is 38.1 Å². The fourth-order valence-corrected chi connectivity index (χ4v) is 4.24. The summed E-state index contributed by atoms with van der Waals surface area (Å²) in [5.74, 6) is -0.242. The maximum Gasteiger partial charge on any atom is 0.329 e. The number of amides is 1. The SMILES string of the molecule is CCNC(=O)c1ccc(N2CCN(Cc3ccc4c(=O)n(CC)c(=O)[nH]c4n3)CC2)c(Cl)n1. The van der Waals surface area contributed by atoms with Crippen molar-refractivity contribution in [2.45, 2.75) is 26.9 Å². The Morgan fingerprint density at radius 3 is 2.52 bits per heavy atom. The molecule has 0 radical (unpaired) electrons. The highest BCUT2D eigenvalue weighted by Crippen LogP contribution is 2.25. The zero-order valence-electron chi connectivity index (χ0n) is 18.6. The van der Waals surface area contributed by atoms with Crippen LogP contribution in [0.2, 0.25) is 5.15 Å².